The number of carbonyl (C=O) groups is 1. The van der Waals surface area contributed by atoms with Crippen molar-refractivity contribution in [3.05, 3.63) is 27.9 Å². The van der Waals surface area contributed by atoms with Crippen LogP contribution in [0.2, 0.25) is 0 Å². The molecule has 0 aromatic heterocycles. The number of halogens is 1. The lowest BCUT2D eigenvalue weighted by atomic mass is 10.1. The van der Waals surface area contributed by atoms with Gasteiger partial charge in [-0.25, -0.2) is 0 Å². The maximum atomic E-state index is 12.2. The van der Waals surface area contributed by atoms with Crippen LogP contribution in [0.15, 0.2) is 22.3 Å². The quantitative estimate of drug-likeness (QED) is 0.651. The third-order valence-corrected chi connectivity index (χ3v) is 3.96. The summed E-state index contributed by atoms with van der Waals surface area (Å²) in [5.74, 6) is 1.06. The second kappa shape index (κ2) is 6.44. The van der Waals surface area contributed by atoms with Crippen LogP contribution in [0.25, 0.3) is 6.08 Å². The maximum Gasteiger partial charge on any atom is 0.276 e. The minimum Gasteiger partial charge on any atom is -0.493 e. The first-order chi connectivity index (χ1) is 10.0. The number of carbonyl (C=O) groups excluding carboxylic acids is 1. The van der Waals surface area contributed by atoms with Crippen LogP contribution in [-0.2, 0) is 4.79 Å². The third-order valence-electron chi connectivity index (χ3n) is 3.05. The average molecular weight is 371 g/mol. The number of methoxy groups -OCH3 is 2. The Morgan fingerprint density at radius 1 is 1.38 bits per heavy atom. The number of hydrogen-bond acceptors (Lipinski definition) is 4. The van der Waals surface area contributed by atoms with E-state index in [-0.39, 0.29) is 5.91 Å². The van der Waals surface area contributed by atoms with Crippen LogP contribution in [0.4, 0.5) is 0 Å². The summed E-state index contributed by atoms with van der Waals surface area (Å²) in [6.07, 6.45) is 1.73. The second-order valence-corrected chi connectivity index (χ2v) is 5.52. The molecule has 5 nitrogen and oxygen atoms in total. The van der Waals surface area contributed by atoms with Crippen molar-refractivity contribution >= 4 is 45.2 Å². The molecule has 0 aliphatic carbocycles. The second-order valence-electron chi connectivity index (χ2n) is 4.28. The van der Waals surface area contributed by atoms with Crippen molar-refractivity contribution in [2.75, 3.05) is 20.8 Å². The monoisotopic (exact) mass is 370 g/mol. The maximum absolute atomic E-state index is 12.2. The molecule has 0 atom stereocenters. The predicted molar refractivity (Wildman–Crippen MR) is 88.3 cm³/mol. The molecule has 0 unspecified atom stereocenters. The van der Waals surface area contributed by atoms with Crippen molar-refractivity contribution in [3.8, 4) is 11.5 Å². The van der Waals surface area contributed by atoms with E-state index in [0.717, 1.165) is 10.0 Å². The molecule has 1 fully saturated rings. The van der Waals surface area contributed by atoms with Crippen LogP contribution in [0.1, 0.15) is 12.5 Å². The van der Waals surface area contributed by atoms with Gasteiger partial charge in [0.25, 0.3) is 5.91 Å². The highest BCUT2D eigenvalue weighted by Crippen LogP contribution is 2.36. The Kier molecular flexibility index (Phi) is 4.84. The molecule has 1 saturated heterocycles. The van der Waals surface area contributed by atoms with Crippen molar-refractivity contribution in [2.45, 2.75) is 6.92 Å². The van der Waals surface area contributed by atoms with E-state index in [9.17, 15) is 4.79 Å². The van der Waals surface area contributed by atoms with E-state index in [1.165, 1.54) is 4.90 Å². The Morgan fingerprint density at radius 2 is 2.10 bits per heavy atom. The van der Waals surface area contributed by atoms with Crippen LogP contribution in [-0.4, -0.2) is 36.7 Å². The van der Waals surface area contributed by atoms with Gasteiger partial charge in [-0.15, -0.1) is 0 Å². The molecule has 1 aromatic carbocycles. The third kappa shape index (κ3) is 3.03. The summed E-state index contributed by atoms with van der Waals surface area (Å²) in [5.41, 5.74) is 1.25. The molecule has 1 heterocycles. The number of benzene rings is 1. The molecule has 112 valence electrons. The fraction of sp³-hybridized carbons (Fsp3) is 0.286. The van der Waals surface area contributed by atoms with Crippen LogP contribution >= 0.6 is 28.1 Å². The molecule has 1 N–H and O–H groups in total. The number of ether oxygens (including phenoxy) is 2. The Balaban J connectivity index is 2.40. The zero-order valence-electron chi connectivity index (χ0n) is 11.9. The molecule has 1 amide bonds. The van der Waals surface area contributed by atoms with Gasteiger partial charge in [-0.1, -0.05) is 0 Å². The highest BCUT2D eigenvalue weighted by Gasteiger charge is 2.29. The average Bonchev–Trinajstić information content (AvgIpc) is 2.72. The minimum atomic E-state index is -0.131. The highest BCUT2D eigenvalue weighted by atomic mass is 79.9. The first kappa shape index (κ1) is 15.8. The fourth-order valence-corrected chi connectivity index (χ4v) is 2.99. The lowest BCUT2D eigenvalue weighted by Crippen LogP contribution is -2.30. The molecular formula is C14H15BrN2O3S. The van der Waals surface area contributed by atoms with Crippen molar-refractivity contribution in [3.63, 3.8) is 0 Å². The van der Waals surface area contributed by atoms with Crippen molar-refractivity contribution < 1.29 is 14.3 Å². The fourth-order valence-electron chi connectivity index (χ4n) is 2.05. The van der Waals surface area contributed by atoms with Crippen LogP contribution in [0, 0.1) is 0 Å². The molecular weight excluding hydrogens is 356 g/mol. The first-order valence-electron chi connectivity index (χ1n) is 6.27. The summed E-state index contributed by atoms with van der Waals surface area (Å²) in [6, 6.07) is 3.64. The Morgan fingerprint density at radius 3 is 2.62 bits per heavy atom. The van der Waals surface area contributed by atoms with Gasteiger partial charge in [0.1, 0.15) is 5.70 Å². The Hall–Kier alpha value is -1.60. The zero-order chi connectivity index (χ0) is 15.6. The van der Waals surface area contributed by atoms with E-state index >= 15 is 0 Å². The van der Waals surface area contributed by atoms with Crippen LogP contribution < -0.4 is 14.8 Å². The first-order valence-corrected chi connectivity index (χ1v) is 7.48. The van der Waals surface area contributed by atoms with E-state index < -0.39 is 0 Å². The molecule has 1 aliphatic heterocycles. The number of hydrogen-bond donors (Lipinski definition) is 1. The topological polar surface area (TPSA) is 50.8 Å². The largest absolute Gasteiger partial charge is 0.493 e. The number of likely N-dealkylation sites (N-methyl/N-ethyl adjacent to an activating group) is 1. The lowest BCUT2D eigenvalue weighted by molar-refractivity contribution is -0.122. The van der Waals surface area contributed by atoms with E-state index in [1.54, 1.807) is 26.4 Å². The molecule has 0 spiro atoms. The lowest BCUT2D eigenvalue weighted by Gasteiger charge is -2.10. The van der Waals surface area contributed by atoms with Gasteiger partial charge in [-0.2, -0.15) is 0 Å². The zero-order valence-corrected chi connectivity index (χ0v) is 14.3. The van der Waals surface area contributed by atoms with E-state index in [2.05, 4.69) is 21.2 Å². The van der Waals surface area contributed by atoms with Crippen LogP contribution in [0.3, 0.4) is 0 Å². The van der Waals surface area contributed by atoms with Gasteiger partial charge in [0.15, 0.2) is 16.6 Å². The number of nitrogens with one attached hydrogen (secondary N) is 1. The highest BCUT2D eigenvalue weighted by molar-refractivity contribution is 9.10. The molecule has 21 heavy (non-hydrogen) atoms. The van der Waals surface area contributed by atoms with Gasteiger partial charge >= 0.3 is 0 Å². The Bertz CT molecular complexity index is 631. The van der Waals surface area contributed by atoms with E-state index in [0.29, 0.717) is 28.9 Å². The van der Waals surface area contributed by atoms with Gasteiger partial charge in [0, 0.05) is 6.54 Å². The smallest absolute Gasteiger partial charge is 0.276 e. The van der Waals surface area contributed by atoms with Gasteiger partial charge in [-0.3, -0.25) is 9.69 Å². The van der Waals surface area contributed by atoms with Gasteiger partial charge in [0.2, 0.25) is 0 Å². The summed E-state index contributed by atoms with van der Waals surface area (Å²) in [5, 5.41) is 3.34. The molecule has 1 aromatic rings. The van der Waals surface area contributed by atoms with E-state index in [1.807, 2.05) is 13.0 Å². The number of amides is 1. The van der Waals surface area contributed by atoms with Gasteiger partial charge in [-0.05, 0) is 58.8 Å². The minimum absolute atomic E-state index is 0.131. The Labute approximate surface area is 137 Å². The summed E-state index contributed by atoms with van der Waals surface area (Å²) >= 11 is 8.55. The molecule has 2 rings (SSSR count). The SMILES string of the molecule is CCN1C(=O)/C(=C/c2cc(Br)c(OC)c(OC)c2)NC1=S. The van der Waals surface area contributed by atoms with E-state index in [4.69, 9.17) is 21.7 Å². The number of nitrogens with zero attached hydrogens (tertiary/aromatic N) is 1. The predicted octanol–water partition coefficient (Wildman–Crippen LogP) is 2.54. The number of rotatable bonds is 4. The van der Waals surface area contributed by atoms with Crippen molar-refractivity contribution in [1.29, 1.82) is 0 Å². The van der Waals surface area contributed by atoms with Crippen molar-refractivity contribution in [2.24, 2.45) is 0 Å². The van der Waals surface area contributed by atoms with Crippen molar-refractivity contribution in [1.82, 2.24) is 10.2 Å². The molecule has 0 saturated carbocycles. The molecule has 0 radical (unpaired) electrons. The normalized spacial score (nSPS) is 16.4. The summed E-state index contributed by atoms with van der Waals surface area (Å²) < 4.78 is 11.3. The van der Waals surface area contributed by atoms with Crippen LogP contribution in [0.5, 0.6) is 11.5 Å². The van der Waals surface area contributed by atoms with Gasteiger partial charge < -0.3 is 14.8 Å². The number of thiocarbonyl (C=S) groups is 1. The molecule has 0 bridgehead atoms. The summed E-state index contributed by atoms with van der Waals surface area (Å²) in [7, 11) is 3.13. The summed E-state index contributed by atoms with van der Waals surface area (Å²) in [4.78, 5) is 13.7. The van der Waals surface area contributed by atoms with Gasteiger partial charge in [0.05, 0.1) is 18.7 Å². The molecule has 1 aliphatic rings. The summed E-state index contributed by atoms with van der Waals surface area (Å²) in [6.45, 7) is 2.42. The molecule has 7 heteroatoms. The standard InChI is InChI=1S/C14H15BrN2O3S/c1-4-17-13(18)10(16-14(17)21)6-8-5-9(15)12(20-3)11(7-8)19-2/h5-7H,4H2,1-3H3,(H,16,21)/b10-6-.